The molecule has 0 bridgehead atoms. The molecule has 2 aliphatic heterocycles. The summed E-state index contributed by atoms with van der Waals surface area (Å²) >= 11 is 12.0. The van der Waals surface area contributed by atoms with Crippen molar-refractivity contribution in [3.63, 3.8) is 0 Å². The number of amides is 1. The lowest BCUT2D eigenvalue weighted by Gasteiger charge is -2.24. The fourth-order valence-corrected chi connectivity index (χ4v) is 4.00. The Hall–Kier alpha value is -1.01. The number of benzene rings is 1. The van der Waals surface area contributed by atoms with Crippen LogP contribution in [0.4, 0.5) is 0 Å². The predicted molar refractivity (Wildman–Crippen MR) is 105 cm³/mol. The molecule has 5 nitrogen and oxygen atoms in total. The van der Waals surface area contributed by atoms with E-state index in [4.69, 9.17) is 27.9 Å². The number of hydrogen-bond donors (Lipinski definition) is 0. The number of nitrogens with zero attached hydrogens (tertiary/aromatic N) is 3. The van der Waals surface area contributed by atoms with Crippen molar-refractivity contribution in [2.45, 2.75) is 19.3 Å². The third kappa shape index (κ3) is 5.74. The van der Waals surface area contributed by atoms with Gasteiger partial charge in [-0.25, -0.2) is 0 Å². The number of halogens is 2. The first-order valence-corrected chi connectivity index (χ1v) is 10.2. The predicted octanol–water partition coefficient (Wildman–Crippen LogP) is 3.00. The summed E-state index contributed by atoms with van der Waals surface area (Å²) in [5.74, 6) is 0.959. The summed E-state index contributed by atoms with van der Waals surface area (Å²) in [5, 5.41) is 1.15. The average Bonchev–Trinajstić information content (AvgIpc) is 3.07. The van der Waals surface area contributed by atoms with Gasteiger partial charge in [-0.05, 0) is 50.6 Å². The van der Waals surface area contributed by atoms with Crippen LogP contribution in [0.15, 0.2) is 18.2 Å². The molecular weight excluding hydrogens is 373 g/mol. The molecule has 0 aliphatic carbocycles. The fourth-order valence-electron chi connectivity index (χ4n) is 3.54. The molecule has 144 valence electrons. The van der Waals surface area contributed by atoms with E-state index >= 15 is 0 Å². The summed E-state index contributed by atoms with van der Waals surface area (Å²) in [4.78, 5) is 19.0. The second-order valence-electron chi connectivity index (χ2n) is 6.98. The van der Waals surface area contributed by atoms with E-state index in [1.165, 1.54) is 0 Å². The zero-order chi connectivity index (χ0) is 18.4. The van der Waals surface area contributed by atoms with Crippen molar-refractivity contribution in [1.82, 2.24) is 14.7 Å². The molecule has 0 spiro atoms. The number of likely N-dealkylation sites (tertiary alicyclic amines) is 1. The topological polar surface area (TPSA) is 36.0 Å². The molecule has 1 aromatic rings. The summed E-state index contributed by atoms with van der Waals surface area (Å²) in [6, 6.07) is 5.28. The van der Waals surface area contributed by atoms with Crippen LogP contribution >= 0.6 is 23.2 Å². The first kappa shape index (κ1) is 19.7. The van der Waals surface area contributed by atoms with E-state index in [1.54, 1.807) is 18.2 Å². The lowest BCUT2D eigenvalue weighted by Crippen LogP contribution is -2.40. The van der Waals surface area contributed by atoms with Gasteiger partial charge in [0, 0.05) is 37.7 Å². The van der Waals surface area contributed by atoms with Gasteiger partial charge in [0.2, 0.25) is 5.91 Å². The van der Waals surface area contributed by atoms with Crippen LogP contribution in [0.25, 0.3) is 0 Å². The van der Waals surface area contributed by atoms with E-state index < -0.39 is 0 Å². The Bertz CT molecular complexity index is 608. The van der Waals surface area contributed by atoms with E-state index in [0.717, 1.165) is 65.1 Å². The SMILES string of the molecule is O=C(CN1CCCN(CCOc2ccc(Cl)cc2Cl)CC1)N1CCCC1. The second-order valence-corrected chi connectivity index (χ2v) is 7.83. The second kappa shape index (κ2) is 9.79. The quantitative estimate of drug-likeness (QED) is 0.736. The molecule has 2 saturated heterocycles. The van der Waals surface area contributed by atoms with Crippen LogP contribution in [0.1, 0.15) is 19.3 Å². The largest absolute Gasteiger partial charge is 0.491 e. The molecule has 1 aromatic carbocycles. The van der Waals surface area contributed by atoms with Crippen LogP contribution in [0, 0.1) is 0 Å². The van der Waals surface area contributed by atoms with Crippen LogP contribution in [0.2, 0.25) is 10.0 Å². The molecule has 0 aromatic heterocycles. The van der Waals surface area contributed by atoms with Gasteiger partial charge in [-0.15, -0.1) is 0 Å². The van der Waals surface area contributed by atoms with Crippen molar-refractivity contribution in [3.05, 3.63) is 28.2 Å². The van der Waals surface area contributed by atoms with Gasteiger partial charge in [-0.1, -0.05) is 23.2 Å². The molecule has 0 atom stereocenters. The third-order valence-electron chi connectivity index (χ3n) is 5.06. The summed E-state index contributed by atoms with van der Waals surface area (Å²) < 4.78 is 5.79. The Labute approximate surface area is 165 Å². The average molecular weight is 400 g/mol. The maximum atomic E-state index is 12.3. The first-order valence-electron chi connectivity index (χ1n) is 9.42. The van der Waals surface area contributed by atoms with Crippen molar-refractivity contribution in [3.8, 4) is 5.75 Å². The molecule has 1 amide bonds. The molecule has 26 heavy (non-hydrogen) atoms. The zero-order valence-electron chi connectivity index (χ0n) is 15.1. The highest BCUT2D eigenvalue weighted by Crippen LogP contribution is 2.27. The van der Waals surface area contributed by atoms with Gasteiger partial charge in [0.05, 0.1) is 11.6 Å². The highest BCUT2D eigenvalue weighted by Gasteiger charge is 2.22. The molecule has 0 radical (unpaired) electrons. The molecule has 0 N–H and O–H groups in total. The highest BCUT2D eigenvalue weighted by molar-refractivity contribution is 6.35. The highest BCUT2D eigenvalue weighted by atomic mass is 35.5. The Morgan fingerprint density at radius 1 is 0.962 bits per heavy atom. The fraction of sp³-hybridized carbons (Fsp3) is 0.632. The molecule has 0 unspecified atom stereocenters. The van der Waals surface area contributed by atoms with Crippen LogP contribution < -0.4 is 4.74 Å². The first-order chi connectivity index (χ1) is 12.6. The van der Waals surface area contributed by atoms with Gasteiger partial charge in [-0.3, -0.25) is 14.6 Å². The van der Waals surface area contributed by atoms with E-state index in [1.807, 2.05) is 4.90 Å². The van der Waals surface area contributed by atoms with E-state index in [-0.39, 0.29) is 5.91 Å². The molecule has 3 rings (SSSR count). The van der Waals surface area contributed by atoms with E-state index in [9.17, 15) is 4.79 Å². The summed E-state index contributed by atoms with van der Waals surface area (Å²) in [6.45, 7) is 7.79. The van der Waals surface area contributed by atoms with Gasteiger partial charge < -0.3 is 9.64 Å². The van der Waals surface area contributed by atoms with Crippen LogP contribution in [-0.2, 0) is 4.79 Å². The summed E-state index contributed by atoms with van der Waals surface area (Å²) in [6.07, 6.45) is 3.38. The monoisotopic (exact) mass is 399 g/mol. The Morgan fingerprint density at radius 3 is 2.46 bits per heavy atom. The van der Waals surface area contributed by atoms with Crippen LogP contribution in [0.3, 0.4) is 0 Å². The minimum atomic E-state index is 0.289. The van der Waals surface area contributed by atoms with Crippen LogP contribution in [0.5, 0.6) is 5.75 Å². The lowest BCUT2D eigenvalue weighted by atomic mass is 10.3. The summed E-state index contributed by atoms with van der Waals surface area (Å²) in [7, 11) is 0. The minimum Gasteiger partial charge on any atom is -0.491 e. The maximum Gasteiger partial charge on any atom is 0.236 e. The van der Waals surface area contributed by atoms with Crippen molar-refractivity contribution in [2.75, 3.05) is 59.0 Å². The van der Waals surface area contributed by atoms with E-state index in [2.05, 4.69) is 9.80 Å². The number of rotatable bonds is 6. The zero-order valence-corrected chi connectivity index (χ0v) is 16.6. The van der Waals surface area contributed by atoms with Gasteiger partial charge in [0.25, 0.3) is 0 Å². The third-order valence-corrected chi connectivity index (χ3v) is 5.59. The number of carbonyl (C=O) groups is 1. The number of ether oxygens (including phenoxy) is 1. The van der Waals surface area contributed by atoms with E-state index in [0.29, 0.717) is 28.9 Å². The standard InChI is InChI=1S/C19H27Cl2N3O2/c20-16-4-5-18(17(21)14-16)26-13-12-22-6-3-7-23(11-10-22)15-19(25)24-8-1-2-9-24/h4-5,14H,1-3,6-13,15H2. The molecular formula is C19H27Cl2N3O2. The van der Waals surface area contributed by atoms with Gasteiger partial charge in [0.15, 0.2) is 0 Å². The molecule has 7 heteroatoms. The Balaban J connectivity index is 1.38. The van der Waals surface area contributed by atoms with Gasteiger partial charge in [0.1, 0.15) is 12.4 Å². The van der Waals surface area contributed by atoms with Gasteiger partial charge >= 0.3 is 0 Å². The minimum absolute atomic E-state index is 0.289. The molecule has 2 heterocycles. The van der Waals surface area contributed by atoms with Crippen molar-refractivity contribution in [1.29, 1.82) is 0 Å². The summed E-state index contributed by atoms with van der Waals surface area (Å²) in [5.41, 5.74) is 0. The van der Waals surface area contributed by atoms with Gasteiger partial charge in [-0.2, -0.15) is 0 Å². The Morgan fingerprint density at radius 2 is 1.69 bits per heavy atom. The number of carbonyl (C=O) groups excluding carboxylic acids is 1. The smallest absolute Gasteiger partial charge is 0.236 e. The molecule has 2 fully saturated rings. The van der Waals surface area contributed by atoms with Crippen molar-refractivity contribution >= 4 is 29.1 Å². The van der Waals surface area contributed by atoms with Crippen molar-refractivity contribution < 1.29 is 9.53 Å². The molecule has 0 saturated carbocycles. The lowest BCUT2D eigenvalue weighted by molar-refractivity contribution is -0.131. The maximum absolute atomic E-state index is 12.3. The Kier molecular flexibility index (Phi) is 7.43. The normalized spacial score (nSPS) is 19.5. The molecule has 2 aliphatic rings. The number of hydrogen-bond acceptors (Lipinski definition) is 4. The van der Waals surface area contributed by atoms with Crippen molar-refractivity contribution in [2.24, 2.45) is 0 Å². The van der Waals surface area contributed by atoms with Crippen LogP contribution in [-0.4, -0.2) is 79.6 Å².